The van der Waals surface area contributed by atoms with Crippen LogP contribution >= 0.6 is 12.2 Å². The van der Waals surface area contributed by atoms with E-state index in [4.69, 9.17) is 17.0 Å². The van der Waals surface area contributed by atoms with Gasteiger partial charge >= 0.3 is 0 Å². The first-order valence-electron chi connectivity index (χ1n) is 7.59. The molecule has 120 valence electrons. The largest absolute Gasteiger partial charge is 0.488 e. The quantitative estimate of drug-likeness (QED) is 0.427. The molecule has 0 aliphatic rings. The molecular weight excluding hydrogens is 306 g/mol. The maximum absolute atomic E-state index is 5.92. The molecule has 4 nitrogen and oxygen atoms in total. The van der Waals surface area contributed by atoms with Gasteiger partial charge in [-0.2, -0.15) is 0 Å². The molecule has 0 saturated heterocycles. The summed E-state index contributed by atoms with van der Waals surface area (Å²) in [7, 11) is 0. The number of hydrogen-bond acceptors (Lipinski definition) is 2. The third-order valence-corrected chi connectivity index (χ3v) is 3.43. The van der Waals surface area contributed by atoms with Crippen molar-refractivity contribution in [2.24, 2.45) is 0 Å². The van der Waals surface area contributed by atoms with E-state index in [1.54, 1.807) is 0 Å². The number of nitrogens with one attached hydrogen (secondary N) is 3. The molecule has 2 aromatic rings. The van der Waals surface area contributed by atoms with Crippen LogP contribution in [0.5, 0.6) is 5.75 Å². The van der Waals surface area contributed by atoms with Crippen molar-refractivity contribution >= 4 is 23.5 Å². The zero-order valence-electron chi connectivity index (χ0n) is 13.4. The standard InChI is InChI=1S/C18H21N3OS/c1-3-19-18(23)21-20-12-16-6-4-5-7-17(16)22-13-15-10-8-14(2)9-11-15/h4-12H,3,13H2,1-2H3,(H2,19,21,23)/p+1. The smallest absolute Gasteiger partial charge is 0.223 e. The highest BCUT2D eigenvalue weighted by Gasteiger charge is 2.04. The monoisotopic (exact) mass is 328 g/mol. The number of hydrogen-bond donors (Lipinski definition) is 3. The van der Waals surface area contributed by atoms with Crippen LogP contribution in [0, 0.1) is 6.92 Å². The normalized spacial score (nSPS) is 10.5. The maximum Gasteiger partial charge on any atom is 0.223 e. The summed E-state index contributed by atoms with van der Waals surface area (Å²) >= 11 is 5.09. The van der Waals surface area contributed by atoms with Gasteiger partial charge in [0.2, 0.25) is 11.3 Å². The summed E-state index contributed by atoms with van der Waals surface area (Å²) in [6.07, 6.45) is 1.83. The summed E-state index contributed by atoms with van der Waals surface area (Å²) in [4.78, 5) is 0. The Labute approximate surface area is 142 Å². The van der Waals surface area contributed by atoms with Crippen molar-refractivity contribution in [2.75, 3.05) is 6.54 Å². The Morgan fingerprint density at radius 1 is 1.17 bits per heavy atom. The molecule has 2 aromatic carbocycles. The van der Waals surface area contributed by atoms with Gasteiger partial charge in [0.1, 0.15) is 12.4 Å². The van der Waals surface area contributed by atoms with Gasteiger partial charge in [0, 0.05) is 6.54 Å². The second-order valence-electron chi connectivity index (χ2n) is 5.09. The zero-order chi connectivity index (χ0) is 16.5. The van der Waals surface area contributed by atoms with Crippen molar-refractivity contribution in [2.45, 2.75) is 20.5 Å². The Morgan fingerprint density at radius 3 is 2.65 bits per heavy atom. The molecule has 0 aliphatic carbocycles. The molecule has 3 N–H and O–H groups in total. The van der Waals surface area contributed by atoms with Gasteiger partial charge in [-0.25, -0.2) is 0 Å². The van der Waals surface area contributed by atoms with Crippen LogP contribution in [0.1, 0.15) is 23.6 Å². The van der Waals surface area contributed by atoms with E-state index in [9.17, 15) is 0 Å². The summed E-state index contributed by atoms with van der Waals surface area (Å²) in [5, 5.41) is 6.53. The molecule has 0 radical (unpaired) electrons. The fourth-order valence-corrected chi connectivity index (χ4v) is 2.16. The molecule has 0 fully saturated rings. The molecule has 0 unspecified atom stereocenters. The molecule has 0 saturated carbocycles. The number of hydrazine groups is 1. The molecule has 23 heavy (non-hydrogen) atoms. The molecular formula is C18H22N3OS+. The lowest BCUT2D eigenvalue weighted by atomic mass is 10.1. The van der Waals surface area contributed by atoms with E-state index in [-0.39, 0.29) is 0 Å². The van der Waals surface area contributed by atoms with Crippen LogP contribution in [0.15, 0.2) is 48.5 Å². The highest BCUT2D eigenvalue weighted by molar-refractivity contribution is 7.80. The first-order valence-corrected chi connectivity index (χ1v) is 8.00. The van der Waals surface area contributed by atoms with E-state index in [0.717, 1.165) is 23.4 Å². The Hall–Kier alpha value is -2.40. The Balaban J connectivity index is 1.98. The van der Waals surface area contributed by atoms with Crippen molar-refractivity contribution in [3.05, 3.63) is 65.2 Å². The van der Waals surface area contributed by atoms with E-state index in [1.165, 1.54) is 5.56 Å². The van der Waals surface area contributed by atoms with E-state index in [2.05, 4.69) is 47.0 Å². The Kier molecular flexibility index (Phi) is 6.56. The predicted octanol–water partition coefficient (Wildman–Crippen LogP) is 1.47. The third-order valence-electron chi connectivity index (χ3n) is 3.18. The van der Waals surface area contributed by atoms with Crippen LogP contribution in [0.25, 0.3) is 0 Å². The number of hydrazone groups is 1. The Morgan fingerprint density at radius 2 is 1.91 bits per heavy atom. The van der Waals surface area contributed by atoms with Crippen LogP contribution in [0.4, 0.5) is 0 Å². The van der Waals surface area contributed by atoms with E-state index < -0.39 is 0 Å². The minimum absolute atomic E-state index is 0.536. The summed E-state index contributed by atoms with van der Waals surface area (Å²) < 4.78 is 5.92. The average molecular weight is 328 g/mol. The third kappa shape index (κ3) is 5.71. The zero-order valence-corrected chi connectivity index (χ0v) is 14.2. The SMILES string of the molecule is CCNC(=S)N[NH+]=Cc1ccccc1OCc1ccc(C)cc1. The number of rotatable bonds is 6. The number of aryl methyl sites for hydroxylation is 1. The van der Waals surface area contributed by atoms with Crippen LogP contribution < -0.4 is 20.6 Å². The molecule has 0 aliphatic heterocycles. The molecule has 0 spiro atoms. The molecule has 0 aromatic heterocycles. The van der Waals surface area contributed by atoms with Gasteiger partial charge in [-0.05, 0) is 43.8 Å². The van der Waals surface area contributed by atoms with Gasteiger partial charge in [0.15, 0.2) is 0 Å². The lowest BCUT2D eigenvalue weighted by Gasteiger charge is -2.08. The van der Waals surface area contributed by atoms with Crippen LogP contribution in [0.2, 0.25) is 0 Å². The van der Waals surface area contributed by atoms with Gasteiger partial charge in [0.25, 0.3) is 0 Å². The highest BCUT2D eigenvalue weighted by atomic mass is 32.1. The molecule has 0 heterocycles. The van der Waals surface area contributed by atoms with Crippen LogP contribution in [-0.4, -0.2) is 17.9 Å². The van der Waals surface area contributed by atoms with E-state index in [1.807, 2.05) is 37.4 Å². The molecule has 0 atom stereocenters. The second-order valence-corrected chi connectivity index (χ2v) is 5.49. The molecule has 5 heteroatoms. The average Bonchev–Trinajstić information content (AvgIpc) is 2.56. The van der Waals surface area contributed by atoms with Crippen molar-refractivity contribution in [1.82, 2.24) is 10.7 Å². The first-order chi connectivity index (χ1) is 11.2. The van der Waals surface area contributed by atoms with Crippen molar-refractivity contribution in [1.29, 1.82) is 0 Å². The van der Waals surface area contributed by atoms with Crippen molar-refractivity contribution in [3.63, 3.8) is 0 Å². The predicted molar refractivity (Wildman–Crippen MR) is 97.5 cm³/mol. The summed E-state index contributed by atoms with van der Waals surface area (Å²) in [6.45, 7) is 5.38. The van der Waals surface area contributed by atoms with Crippen LogP contribution in [-0.2, 0) is 6.61 Å². The number of benzene rings is 2. The summed E-state index contributed by atoms with van der Waals surface area (Å²) in [6, 6.07) is 16.2. The first kappa shape index (κ1) is 17.0. The lowest BCUT2D eigenvalue weighted by Crippen LogP contribution is -2.82. The Bertz CT molecular complexity index is 668. The minimum atomic E-state index is 0.536. The number of thiocarbonyl (C=S) groups is 1. The second kappa shape index (κ2) is 8.90. The molecule has 2 rings (SSSR count). The molecule has 0 bridgehead atoms. The van der Waals surface area contributed by atoms with Gasteiger partial charge in [-0.1, -0.05) is 42.0 Å². The fraction of sp³-hybridized carbons (Fsp3) is 0.222. The highest BCUT2D eigenvalue weighted by Crippen LogP contribution is 2.17. The van der Waals surface area contributed by atoms with Crippen molar-refractivity contribution in [3.8, 4) is 5.75 Å². The summed E-state index contributed by atoms with van der Waals surface area (Å²) in [5.41, 5.74) is 6.24. The minimum Gasteiger partial charge on any atom is -0.488 e. The van der Waals surface area contributed by atoms with Gasteiger partial charge in [-0.3, -0.25) is 0 Å². The van der Waals surface area contributed by atoms with Gasteiger partial charge in [0.05, 0.1) is 5.56 Å². The number of ether oxygens (including phenoxy) is 1. The van der Waals surface area contributed by atoms with Crippen LogP contribution in [0.3, 0.4) is 0 Å². The van der Waals surface area contributed by atoms with Gasteiger partial charge < -0.3 is 10.1 Å². The van der Waals surface area contributed by atoms with Gasteiger partial charge in [-0.15, -0.1) is 10.5 Å². The lowest BCUT2D eigenvalue weighted by molar-refractivity contribution is -0.500. The topological polar surface area (TPSA) is 47.3 Å². The van der Waals surface area contributed by atoms with E-state index >= 15 is 0 Å². The number of para-hydroxylation sites is 1. The fourth-order valence-electron chi connectivity index (χ4n) is 1.96. The van der Waals surface area contributed by atoms with Crippen molar-refractivity contribution < 1.29 is 9.84 Å². The summed E-state index contributed by atoms with van der Waals surface area (Å²) in [5.74, 6) is 0.816. The maximum atomic E-state index is 5.92. The van der Waals surface area contributed by atoms with E-state index in [0.29, 0.717) is 11.7 Å². The molecule has 0 amide bonds.